The summed E-state index contributed by atoms with van der Waals surface area (Å²) in [6.07, 6.45) is 0. The van der Waals surface area contributed by atoms with E-state index >= 15 is 0 Å². The Morgan fingerprint density at radius 1 is 1.12 bits per heavy atom. The summed E-state index contributed by atoms with van der Waals surface area (Å²) in [5.74, 6) is -0.374. The zero-order valence-corrected chi connectivity index (χ0v) is 14.7. The Morgan fingerprint density at radius 2 is 1.92 bits per heavy atom. The second-order valence-corrected chi connectivity index (χ2v) is 7.13. The number of amides is 1. The van der Waals surface area contributed by atoms with Gasteiger partial charge in [0, 0.05) is 26.2 Å². The molecule has 0 radical (unpaired) electrons. The predicted molar refractivity (Wildman–Crippen MR) is 96.9 cm³/mol. The quantitative estimate of drug-likeness (QED) is 0.643. The standard InChI is InChI=1S/C17H14ClFN4OS/c18-15-3-1-2-13(20-15)16(24)22-6-8-23(9-7-22)17-21-12-5-4-11(19)10-14(12)25-17/h1-5,10H,6-9H2. The van der Waals surface area contributed by atoms with Crippen LogP contribution in [0.2, 0.25) is 5.15 Å². The molecule has 1 fully saturated rings. The molecule has 0 spiro atoms. The molecule has 0 aliphatic carbocycles. The molecule has 1 aliphatic heterocycles. The van der Waals surface area contributed by atoms with Crippen LogP contribution in [0.3, 0.4) is 0 Å². The molecule has 2 aromatic heterocycles. The largest absolute Gasteiger partial charge is 0.345 e. The van der Waals surface area contributed by atoms with E-state index in [1.54, 1.807) is 29.2 Å². The van der Waals surface area contributed by atoms with E-state index in [4.69, 9.17) is 11.6 Å². The first-order valence-electron chi connectivity index (χ1n) is 7.83. The molecular formula is C17H14ClFN4OS. The van der Waals surface area contributed by atoms with Crippen LogP contribution in [-0.4, -0.2) is 47.0 Å². The number of hydrogen-bond acceptors (Lipinski definition) is 5. The fourth-order valence-corrected chi connectivity index (χ4v) is 4.02. The third-order valence-corrected chi connectivity index (χ3v) is 5.40. The molecule has 3 heterocycles. The van der Waals surface area contributed by atoms with E-state index in [1.165, 1.54) is 23.5 Å². The number of fused-ring (bicyclic) bond motifs is 1. The summed E-state index contributed by atoms with van der Waals surface area (Å²) < 4.78 is 14.2. The smallest absolute Gasteiger partial charge is 0.272 e. The van der Waals surface area contributed by atoms with Crippen molar-refractivity contribution < 1.29 is 9.18 Å². The van der Waals surface area contributed by atoms with Crippen molar-refractivity contribution in [1.29, 1.82) is 0 Å². The van der Waals surface area contributed by atoms with E-state index in [1.807, 2.05) is 0 Å². The maximum absolute atomic E-state index is 13.3. The molecule has 0 bridgehead atoms. The molecule has 4 rings (SSSR count). The molecule has 0 atom stereocenters. The summed E-state index contributed by atoms with van der Waals surface area (Å²) in [7, 11) is 0. The molecule has 1 saturated heterocycles. The van der Waals surface area contributed by atoms with Crippen LogP contribution in [-0.2, 0) is 0 Å². The van der Waals surface area contributed by atoms with Crippen LogP contribution < -0.4 is 4.90 Å². The summed E-state index contributed by atoms with van der Waals surface area (Å²) in [6.45, 7) is 2.51. The molecule has 5 nitrogen and oxygen atoms in total. The Bertz CT molecular complexity index is 939. The number of carbonyl (C=O) groups is 1. The third kappa shape index (κ3) is 3.29. The van der Waals surface area contributed by atoms with E-state index in [0.717, 1.165) is 15.3 Å². The number of hydrogen-bond donors (Lipinski definition) is 0. The SMILES string of the molecule is O=C(c1cccc(Cl)n1)N1CCN(c2nc3ccc(F)cc3s2)CC1. The lowest BCUT2D eigenvalue weighted by molar-refractivity contribution is 0.0741. The van der Waals surface area contributed by atoms with Crippen molar-refractivity contribution in [2.24, 2.45) is 0 Å². The van der Waals surface area contributed by atoms with Gasteiger partial charge in [-0.2, -0.15) is 0 Å². The van der Waals surface area contributed by atoms with Crippen molar-refractivity contribution >= 4 is 44.2 Å². The summed E-state index contributed by atoms with van der Waals surface area (Å²) in [5, 5.41) is 1.17. The molecule has 128 valence electrons. The van der Waals surface area contributed by atoms with Crippen LogP contribution >= 0.6 is 22.9 Å². The average Bonchev–Trinajstić information content (AvgIpc) is 3.04. The van der Waals surface area contributed by atoms with Gasteiger partial charge < -0.3 is 9.80 Å². The molecule has 25 heavy (non-hydrogen) atoms. The van der Waals surface area contributed by atoms with Crippen molar-refractivity contribution in [1.82, 2.24) is 14.9 Å². The Hall–Kier alpha value is -2.25. The van der Waals surface area contributed by atoms with Crippen molar-refractivity contribution in [2.45, 2.75) is 0 Å². The molecule has 1 aromatic carbocycles. The number of carbonyl (C=O) groups excluding carboxylic acids is 1. The summed E-state index contributed by atoms with van der Waals surface area (Å²) >= 11 is 7.32. The molecule has 0 saturated carbocycles. The second-order valence-electron chi connectivity index (χ2n) is 5.73. The Balaban J connectivity index is 1.46. The first-order chi connectivity index (χ1) is 12.1. The van der Waals surface area contributed by atoms with Gasteiger partial charge in [-0.3, -0.25) is 4.79 Å². The van der Waals surface area contributed by atoms with Crippen LogP contribution in [0.15, 0.2) is 36.4 Å². The maximum Gasteiger partial charge on any atom is 0.272 e. The Kier molecular flexibility index (Phi) is 4.27. The van der Waals surface area contributed by atoms with Crippen LogP contribution in [0.25, 0.3) is 10.2 Å². The van der Waals surface area contributed by atoms with Crippen molar-refractivity contribution in [3.8, 4) is 0 Å². The monoisotopic (exact) mass is 376 g/mol. The zero-order valence-electron chi connectivity index (χ0n) is 13.2. The number of pyridine rings is 1. The van der Waals surface area contributed by atoms with Gasteiger partial charge in [-0.1, -0.05) is 29.0 Å². The summed E-state index contributed by atoms with van der Waals surface area (Å²) in [6, 6.07) is 9.64. The van der Waals surface area contributed by atoms with Gasteiger partial charge in [0.25, 0.3) is 5.91 Å². The van der Waals surface area contributed by atoms with E-state index in [9.17, 15) is 9.18 Å². The van der Waals surface area contributed by atoms with Gasteiger partial charge in [-0.25, -0.2) is 14.4 Å². The lowest BCUT2D eigenvalue weighted by atomic mass is 10.2. The number of piperazine rings is 1. The fourth-order valence-electron chi connectivity index (χ4n) is 2.81. The van der Waals surface area contributed by atoms with Gasteiger partial charge >= 0.3 is 0 Å². The molecule has 8 heteroatoms. The van der Waals surface area contributed by atoms with Gasteiger partial charge in [0.15, 0.2) is 5.13 Å². The van der Waals surface area contributed by atoms with Gasteiger partial charge in [0.05, 0.1) is 10.2 Å². The number of rotatable bonds is 2. The van der Waals surface area contributed by atoms with Gasteiger partial charge in [0.2, 0.25) is 0 Å². The number of aromatic nitrogens is 2. The molecule has 0 unspecified atom stereocenters. The van der Waals surface area contributed by atoms with Crippen molar-refractivity contribution in [3.63, 3.8) is 0 Å². The van der Waals surface area contributed by atoms with E-state index in [-0.39, 0.29) is 11.7 Å². The van der Waals surface area contributed by atoms with Gasteiger partial charge in [0.1, 0.15) is 16.7 Å². The average molecular weight is 377 g/mol. The first kappa shape index (κ1) is 16.2. The number of nitrogens with zero attached hydrogens (tertiary/aromatic N) is 4. The minimum absolute atomic E-state index is 0.117. The predicted octanol–water partition coefficient (Wildman–Crippen LogP) is 3.45. The second kappa shape index (κ2) is 6.57. The highest BCUT2D eigenvalue weighted by atomic mass is 35.5. The molecular weight excluding hydrogens is 363 g/mol. The lowest BCUT2D eigenvalue weighted by Crippen LogP contribution is -2.49. The van der Waals surface area contributed by atoms with Gasteiger partial charge in [-0.15, -0.1) is 0 Å². The minimum atomic E-state index is -0.257. The highest BCUT2D eigenvalue weighted by molar-refractivity contribution is 7.22. The molecule has 0 N–H and O–H groups in total. The molecule has 1 amide bonds. The van der Waals surface area contributed by atoms with Gasteiger partial charge in [-0.05, 0) is 30.3 Å². The topological polar surface area (TPSA) is 49.3 Å². The number of thiazole rings is 1. The third-order valence-electron chi connectivity index (χ3n) is 4.11. The highest BCUT2D eigenvalue weighted by Gasteiger charge is 2.24. The number of halogens is 2. The van der Waals surface area contributed by atoms with Crippen LogP contribution in [0.1, 0.15) is 10.5 Å². The first-order valence-corrected chi connectivity index (χ1v) is 9.02. The van der Waals surface area contributed by atoms with E-state index in [0.29, 0.717) is 37.0 Å². The van der Waals surface area contributed by atoms with Crippen LogP contribution in [0.4, 0.5) is 9.52 Å². The minimum Gasteiger partial charge on any atom is -0.345 e. The zero-order chi connectivity index (χ0) is 17.4. The van der Waals surface area contributed by atoms with Crippen LogP contribution in [0, 0.1) is 5.82 Å². The normalized spacial score (nSPS) is 15.0. The Morgan fingerprint density at radius 3 is 2.68 bits per heavy atom. The van der Waals surface area contributed by atoms with Crippen LogP contribution in [0.5, 0.6) is 0 Å². The lowest BCUT2D eigenvalue weighted by Gasteiger charge is -2.34. The highest BCUT2D eigenvalue weighted by Crippen LogP contribution is 2.30. The summed E-state index contributed by atoms with van der Waals surface area (Å²) in [5.41, 5.74) is 1.15. The Labute approximate surface area is 152 Å². The van der Waals surface area contributed by atoms with Crippen molar-refractivity contribution in [2.75, 3.05) is 31.1 Å². The van der Waals surface area contributed by atoms with E-state index in [2.05, 4.69) is 14.9 Å². The number of anilines is 1. The molecule has 1 aliphatic rings. The maximum atomic E-state index is 13.3. The molecule has 3 aromatic rings. The van der Waals surface area contributed by atoms with E-state index < -0.39 is 0 Å². The fraction of sp³-hybridized carbons (Fsp3) is 0.235. The number of benzene rings is 1. The van der Waals surface area contributed by atoms with Crippen molar-refractivity contribution in [3.05, 3.63) is 53.1 Å². The summed E-state index contributed by atoms with van der Waals surface area (Å²) in [4.78, 5) is 25.0.